The monoisotopic (exact) mass is 305 g/mol. The molecule has 0 aromatic heterocycles. The van der Waals surface area contributed by atoms with Crippen molar-refractivity contribution in [1.82, 2.24) is 5.32 Å². The van der Waals surface area contributed by atoms with Crippen LogP contribution in [0.5, 0.6) is 5.75 Å². The molecule has 0 radical (unpaired) electrons. The normalized spacial score (nSPS) is 10.8. The standard InChI is InChI=1S/C17H23NO4/c1-12(2)14-8-7-13(3)10-15(14)22-11-16(19)18-9-5-6-17(20)21-4/h5-8,10,12H,9,11H2,1-4H3,(H,18,19)/b6-5+. The second-order valence-corrected chi connectivity index (χ2v) is 5.21. The number of ether oxygens (including phenoxy) is 2. The Hall–Kier alpha value is -2.30. The van der Waals surface area contributed by atoms with Gasteiger partial charge in [0.15, 0.2) is 6.61 Å². The minimum absolute atomic E-state index is 0.0603. The maximum absolute atomic E-state index is 11.7. The van der Waals surface area contributed by atoms with Gasteiger partial charge in [-0.3, -0.25) is 4.79 Å². The van der Waals surface area contributed by atoms with E-state index in [9.17, 15) is 9.59 Å². The SMILES string of the molecule is COC(=O)/C=C/CNC(=O)COc1cc(C)ccc1C(C)C. The maximum Gasteiger partial charge on any atom is 0.330 e. The molecule has 120 valence electrons. The van der Waals surface area contributed by atoms with Gasteiger partial charge >= 0.3 is 5.97 Å². The van der Waals surface area contributed by atoms with E-state index in [4.69, 9.17) is 4.74 Å². The van der Waals surface area contributed by atoms with Crippen LogP contribution in [0.2, 0.25) is 0 Å². The number of carbonyl (C=O) groups is 2. The highest BCUT2D eigenvalue weighted by Crippen LogP contribution is 2.27. The molecule has 1 aromatic rings. The highest BCUT2D eigenvalue weighted by molar-refractivity contribution is 5.82. The van der Waals surface area contributed by atoms with Gasteiger partial charge in [0.1, 0.15) is 5.75 Å². The summed E-state index contributed by atoms with van der Waals surface area (Å²) in [5.41, 5.74) is 2.16. The van der Waals surface area contributed by atoms with Crippen LogP contribution in [0.1, 0.15) is 30.9 Å². The topological polar surface area (TPSA) is 64.6 Å². The van der Waals surface area contributed by atoms with Crippen molar-refractivity contribution in [2.24, 2.45) is 0 Å². The zero-order valence-electron chi connectivity index (χ0n) is 13.5. The molecule has 0 spiro atoms. The van der Waals surface area contributed by atoms with Gasteiger partial charge in [-0.15, -0.1) is 0 Å². The third kappa shape index (κ3) is 5.99. The molecular weight excluding hydrogens is 282 g/mol. The lowest BCUT2D eigenvalue weighted by Gasteiger charge is -2.14. The lowest BCUT2D eigenvalue weighted by atomic mass is 10.0. The number of methoxy groups -OCH3 is 1. The first kappa shape index (κ1) is 17.8. The minimum atomic E-state index is -0.452. The molecule has 0 aliphatic rings. The fourth-order valence-corrected chi connectivity index (χ4v) is 1.83. The molecule has 0 bridgehead atoms. The number of amides is 1. The Bertz CT molecular complexity index is 550. The van der Waals surface area contributed by atoms with E-state index in [1.54, 1.807) is 0 Å². The van der Waals surface area contributed by atoms with E-state index < -0.39 is 5.97 Å². The summed E-state index contributed by atoms with van der Waals surface area (Å²) in [5.74, 6) is 0.356. The number of rotatable bonds is 7. The van der Waals surface area contributed by atoms with Gasteiger partial charge in [-0.05, 0) is 30.0 Å². The first-order chi connectivity index (χ1) is 10.4. The summed E-state index contributed by atoms with van der Waals surface area (Å²) in [5, 5.41) is 2.64. The fourth-order valence-electron chi connectivity index (χ4n) is 1.83. The third-order valence-electron chi connectivity index (χ3n) is 3.02. The molecule has 0 atom stereocenters. The van der Waals surface area contributed by atoms with Gasteiger partial charge in [-0.25, -0.2) is 4.79 Å². The van der Waals surface area contributed by atoms with E-state index in [2.05, 4.69) is 23.9 Å². The van der Waals surface area contributed by atoms with Crippen LogP contribution in [0, 0.1) is 6.92 Å². The molecule has 1 rings (SSSR count). The zero-order valence-corrected chi connectivity index (χ0v) is 13.5. The van der Waals surface area contributed by atoms with Gasteiger partial charge in [0, 0.05) is 12.6 Å². The van der Waals surface area contributed by atoms with Gasteiger partial charge < -0.3 is 14.8 Å². The Morgan fingerprint density at radius 3 is 2.68 bits per heavy atom. The number of aryl methyl sites for hydroxylation is 1. The van der Waals surface area contributed by atoms with Crippen molar-refractivity contribution in [3.05, 3.63) is 41.5 Å². The molecule has 0 aliphatic heterocycles. The molecule has 1 amide bonds. The molecule has 0 aliphatic carbocycles. The van der Waals surface area contributed by atoms with Crippen molar-refractivity contribution < 1.29 is 19.1 Å². The summed E-state index contributed by atoms with van der Waals surface area (Å²) in [6, 6.07) is 5.98. The van der Waals surface area contributed by atoms with Crippen molar-refractivity contribution in [1.29, 1.82) is 0 Å². The van der Waals surface area contributed by atoms with E-state index in [1.165, 1.54) is 19.3 Å². The smallest absolute Gasteiger partial charge is 0.330 e. The summed E-state index contributed by atoms with van der Waals surface area (Å²) < 4.78 is 10.1. The highest BCUT2D eigenvalue weighted by atomic mass is 16.5. The molecule has 5 heteroatoms. The van der Waals surface area contributed by atoms with Crippen LogP contribution < -0.4 is 10.1 Å². The molecule has 1 aromatic carbocycles. The van der Waals surface area contributed by atoms with Crippen molar-refractivity contribution in [2.75, 3.05) is 20.3 Å². The molecule has 1 N–H and O–H groups in total. The van der Waals surface area contributed by atoms with Crippen molar-refractivity contribution in [3.8, 4) is 5.75 Å². The van der Waals surface area contributed by atoms with Crippen molar-refractivity contribution in [2.45, 2.75) is 26.7 Å². The zero-order chi connectivity index (χ0) is 16.5. The number of esters is 1. The van der Waals surface area contributed by atoms with Gasteiger partial charge in [-0.2, -0.15) is 0 Å². The van der Waals surface area contributed by atoms with E-state index in [0.717, 1.165) is 16.9 Å². The summed E-state index contributed by atoms with van der Waals surface area (Å²) in [6.07, 6.45) is 2.79. The Balaban J connectivity index is 2.49. The first-order valence-electron chi connectivity index (χ1n) is 7.18. The quantitative estimate of drug-likeness (QED) is 0.620. The van der Waals surface area contributed by atoms with Crippen LogP contribution in [0.3, 0.4) is 0 Å². The summed E-state index contributed by atoms with van der Waals surface area (Å²) in [4.78, 5) is 22.6. The predicted octanol–water partition coefficient (Wildman–Crippen LogP) is 2.34. The van der Waals surface area contributed by atoms with Crippen molar-refractivity contribution >= 4 is 11.9 Å². The molecule has 0 unspecified atom stereocenters. The van der Waals surface area contributed by atoms with Gasteiger partial charge in [0.2, 0.25) is 0 Å². The van der Waals surface area contributed by atoms with Gasteiger partial charge in [-0.1, -0.05) is 32.1 Å². The number of carbonyl (C=O) groups excluding carboxylic acids is 2. The van der Waals surface area contributed by atoms with Crippen LogP contribution in [0.15, 0.2) is 30.4 Å². The summed E-state index contributed by atoms with van der Waals surface area (Å²) in [6.45, 7) is 6.33. The minimum Gasteiger partial charge on any atom is -0.483 e. The number of benzene rings is 1. The summed E-state index contributed by atoms with van der Waals surface area (Å²) >= 11 is 0. The number of hydrogen-bond donors (Lipinski definition) is 1. The van der Waals surface area contributed by atoms with E-state index in [0.29, 0.717) is 5.92 Å². The maximum atomic E-state index is 11.7. The third-order valence-corrected chi connectivity index (χ3v) is 3.02. The van der Waals surface area contributed by atoms with Crippen LogP contribution >= 0.6 is 0 Å². The summed E-state index contributed by atoms with van der Waals surface area (Å²) in [7, 11) is 1.30. The van der Waals surface area contributed by atoms with Crippen LogP contribution in [0.25, 0.3) is 0 Å². The second kappa shape index (κ2) is 8.87. The molecule has 22 heavy (non-hydrogen) atoms. The molecule has 0 heterocycles. The van der Waals surface area contributed by atoms with E-state index in [1.807, 2.05) is 25.1 Å². The average molecular weight is 305 g/mol. The first-order valence-corrected chi connectivity index (χ1v) is 7.18. The average Bonchev–Trinajstić information content (AvgIpc) is 2.48. The molecule has 5 nitrogen and oxygen atoms in total. The molecular formula is C17H23NO4. The Morgan fingerprint density at radius 1 is 1.32 bits per heavy atom. The highest BCUT2D eigenvalue weighted by Gasteiger charge is 2.09. The largest absolute Gasteiger partial charge is 0.483 e. The molecule has 0 saturated heterocycles. The van der Waals surface area contributed by atoms with E-state index >= 15 is 0 Å². The number of nitrogens with one attached hydrogen (secondary N) is 1. The second-order valence-electron chi connectivity index (χ2n) is 5.21. The van der Waals surface area contributed by atoms with Gasteiger partial charge in [0.05, 0.1) is 7.11 Å². The van der Waals surface area contributed by atoms with Crippen LogP contribution in [-0.4, -0.2) is 32.1 Å². The van der Waals surface area contributed by atoms with E-state index in [-0.39, 0.29) is 19.1 Å². The predicted molar refractivity (Wildman–Crippen MR) is 84.9 cm³/mol. The Morgan fingerprint density at radius 2 is 2.05 bits per heavy atom. The molecule has 0 fully saturated rings. The van der Waals surface area contributed by atoms with Crippen LogP contribution in [0.4, 0.5) is 0 Å². The molecule has 0 saturated carbocycles. The lowest BCUT2D eigenvalue weighted by Crippen LogP contribution is -2.29. The van der Waals surface area contributed by atoms with Crippen LogP contribution in [-0.2, 0) is 14.3 Å². The fraction of sp³-hybridized carbons (Fsp3) is 0.412. The Labute approximate surface area is 131 Å². The number of hydrogen-bond acceptors (Lipinski definition) is 4. The Kier molecular flexibility index (Phi) is 7.16. The lowest BCUT2D eigenvalue weighted by molar-refractivity contribution is -0.134. The van der Waals surface area contributed by atoms with Gasteiger partial charge in [0.25, 0.3) is 5.91 Å². The van der Waals surface area contributed by atoms with Crippen molar-refractivity contribution in [3.63, 3.8) is 0 Å².